The van der Waals surface area contributed by atoms with Crippen LogP contribution < -0.4 is 19.5 Å². The fourth-order valence-electron chi connectivity index (χ4n) is 5.01. The lowest BCUT2D eigenvalue weighted by molar-refractivity contribution is -0.132. The molecule has 2 aromatic rings. The number of amides is 1. The van der Waals surface area contributed by atoms with Gasteiger partial charge in [0.1, 0.15) is 0 Å². The van der Waals surface area contributed by atoms with Gasteiger partial charge >= 0.3 is 0 Å². The molecular formula is C27H38N4O6S. The average Bonchev–Trinajstić information content (AvgIpc) is 3.42. The van der Waals surface area contributed by atoms with E-state index in [0.29, 0.717) is 56.4 Å². The van der Waals surface area contributed by atoms with Crippen LogP contribution >= 0.6 is 0 Å². The highest BCUT2D eigenvalue weighted by Gasteiger charge is 2.32. The third-order valence-corrected chi connectivity index (χ3v) is 8.95. The normalized spacial score (nSPS) is 18.9. The highest BCUT2D eigenvalue weighted by molar-refractivity contribution is 7.88. The van der Waals surface area contributed by atoms with E-state index in [9.17, 15) is 13.2 Å². The van der Waals surface area contributed by atoms with Crippen LogP contribution in [0.3, 0.4) is 0 Å². The van der Waals surface area contributed by atoms with Gasteiger partial charge in [0.2, 0.25) is 21.7 Å². The maximum absolute atomic E-state index is 12.8. The Labute approximate surface area is 225 Å². The van der Waals surface area contributed by atoms with Crippen molar-refractivity contribution in [1.29, 1.82) is 0 Å². The summed E-state index contributed by atoms with van der Waals surface area (Å²) in [4.78, 5) is 17.0. The van der Waals surface area contributed by atoms with E-state index < -0.39 is 10.0 Å². The van der Waals surface area contributed by atoms with Gasteiger partial charge in [0.05, 0.1) is 33.6 Å². The number of ether oxygens (including phenoxy) is 3. The van der Waals surface area contributed by atoms with Crippen molar-refractivity contribution >= 4 is 15.9 Å². The molecule has 2 heterocycles. The number of hydrogen-bond donors (Lipinski definition) is 1. The van der Waals surface area contributed by atoms with Gasteiger partial charge in [0, 0.05) is 51.9 Å². The van der Waals surface area contributed by atoms with Crippen LogP contribution in [-0.2, 0) is 27.1 Å². The van der Waals surface area contributed by atoms with Gasteiger partial charge in [-0.15, -0.1) is 0 Å². The fraction of sp³-hybridized carbons (Fsp3) is 0.519. The maximum atomic E-state index is 12.8. The van der Waals surface area contributed by atoms with E-state index in [1.54, 1.807) is 21.3 Å². The summed E-state index contributed by atoms with van der Waals surface area (Å²) in [5, 5.41) is 3.28. The highest BCUT2D eigenvalue weighted by atomic mass is 32.2. The Morgan fingerprint density at radius 3 is 2.18 bits per heavy atom. The SMILES string of the molecule is COc1cc(CN2CCN(C(=O)CN[C@H]3CCN(S(=O)(=O)Cc4ccccc4)C3)CC2)cc(OC)c1OC. The average molecular weight is 547 g/mol. The first kappa shape index (κ1) is 28.2. The quantitative estimate of drug-likeness (QED) is 0.453. The molecule has 2 aliphatic rings. The van der Waals surface area contributed by atoms with E-state index in [0.717, 1.165) is 24.2 Å². The Balaban J connectivity index is 1.21. The second kappa shape index (κ2) is 12.8. The van der Waals surface area contributed by atoms with Gasteiger partial charge in [-0.1, -0.05) is 30.3 Å². The van der Waals surface area contributed by atoms with Crippen LogP contribution in [-0.4, -0.2) is 102 Å². The number of nitrogens with zero attached hydrogens (tertiary/aromatic N) is 3. The van der Waals surface area contributed by atoms with E-state index in [-0.39, 0.29) is 24.2 Å². The van der Waals surface area contributed by atoms with Crippen molar-refractivity contribution < 1.29 is 27.4 Å². The number of carbonyl (C=O) groups is 1. The molecule has 2 saturated heterocycles. The molecular weight excluding hydrogens is 508 g/mol. The van der Waals surface area contributed by atoms with E-state index in [4.69, 9.17) is 14.2 Å². The summed E-state index contributed by atoms with van der Waals surface area (Å²) >= 11 is 0. The Kier molecular flexibility index (Phi) is 9.48. The molecule has 0 saturated carbocycles. The number of carbonyl (C=O) groups excluding carboxylic acids is 1. The predicted octanol–water partition coefficient (Wildman–Crippen LogP) is 1.55. The van der Waals surface area contributed by atoms with E-state index in [2.05, 4.69) is 10.2 Å². The summed E-state index contributed by atoms with van der Waals surface area (Å²) in [6.45, 7) is 4.61. The first-order chi connectivity index (χ1) is 18.3. The van der Waals surface area contributed by atoms with Crippen LogP contribution in [0.5, 0.6) is 17.2 Å². The third kappa shape index (κ3) is 6.96. The standard InChI is InChI=1S/C27H38N4O6S/c1-35-24-15-22(16-25(36-2)27(24)37-3)18-29-11-13-30(14-12-29)26(32)17-28-23-9-10-31(19-23)38(33,34)20-21-7-5-4-6-8-21/h4-8,15-16,23,28H,9-14,17-20H2,1-3H3/t23-/m0/s1. The first-order valence-electron chi connectivity index (χ1n) is 12.9. The summed E-state index contributed by atoms with van der Waals surface area (Å²) < 4.78 is 43.4. The van der Waals surface area contributed by atoms with Gasteiger partial charge in [-0.2, -0.15) is 0 Å². The molecule has 0 bridgehead atoms. The molecule has 1 N–H and O–H groups in total. The molecule has 2 aliphatic heterocycles. The van der Waals surface area contributed by atoms with Crippen molar-refractivity contribution in [3.8, 4) is 17.2 Å². The number of rotatable bonds is 11. The first-order valence-corrected chi connectivity index (χ1v) is 14.5. The van der Waals surface area contributed by atoms with Gasteiger partial charge in [0.15, 0.2) is 11.5 Å². The van der Waals surface area contributed by atoms with Crippen LogP contribution in [0.4, 0.5) is 0 Å². The fourth-order valence-corrected chi connectivity index (χ4v) is 6.59. The monoisotopic (exact) mass is 546 g/mol. The second-order valence-corrected chi connectivity index (χ2v) is 11.6. The van der Waals surface area contributed by atoms with E-state index >= 15 is 0 Å². The minimum atomic E-state index is -3.38. The zero-order valence-electron chi connectivity index (χ0n) is 22.4. The molecule has 0 spiro atoms. The van der Waals surface area contributed by atoms with E-state index in [1.165, 1.54) is 4.31 Å². The molecule has 38 heavy (non-hydrogen) atoms. The number of nitrogens with one attached hydrogen (secondary N) is 1. The molecule has 10 nitrogen and oxygen atoms in total. The lowest BCUT2D eigenvalue weighted by atomic mass is 10.1. The van der Waals surface area contributed by atoms with Gasteiger partial charge in [-0.3, -0.25) is 9.69 Å². The topological polar surface area (TPSA) is 101 Å². The summed E-state index contributed by atoms with van der Waals surface area (Å²) in [5.74, 6) is 1.86. The van der Waals surface area contributed by atoms with Crippen LogP contribution in [0.2, 0.25) is 0 Å². The zero-order chi connectivity index (χ0) is 27.1. The molecule has 0 aliphatic carbocycles. The molecule has 0 radical (unpaired) electrons. The molecule has 2 fully saturated rings. The zero-order valence-corrected chi connectivity index (χ0v) is 23.2. The van der Waals surface area contributed by atoms with Gasteiger partial charge in [-0.05, 0) is 29.7 Å². The minimum Gasteiger partial charge on any atom is -0.493 e. The van der Waals surface area contributed by atoms with Crippen LogP contribution in [0.15, 0.2) is 42.5 Å². The largest absolute Gasteiger partial charge is 0.493 e. The molecule has 0 aromatic heterocycles. The summed E-state index contributed by atoms with van der Waals surface area (Å²) in [7, 11) is 1.41. The molecule has 208 valence electrons. The molecule has 1 amide bonds. The van der Waals surface area contributed by atoms with E-state index in [1.807, 2.05) is 47.4 Å². The van der Waals surface area contributed by atoms with Crippen molar-refractivity contribution in [1.82, 2.24) is 19.4 Å². The van der Waals surface area contributed by atoms with Gasteiger partial charge in [-0.25, -0.2) is 12.7 Å². The maximum Gasteiger partial charge on any atom is 0.236 e. The summed E-state index contributed by atoms with van der Waals surface area (Å²) in [6.07, 6.45) is 0.698. The minimum absolute atomic E-state index is 0.000142. The number of piperazine rings is 1. The lowest BCUT2D eigenvalue weighted by Crippen LogP contribution is -2.51. The number of methoxy groups -OCH3 is 3. The van der Waals surface area contributed by atoms with Crippen molar-refractivity contribution in [2.24, 2.45) is 0 Å². The number of sulfonamides is 1. The van der Waals surface area contributed by atoms with Crippen molar-refractivity contribution in [3.63, 3.8) is 0 Å². The Bertz CT molecular complexity index is 1160. The van der Waals surface area contributed by atoms with Crippen LogP contribution in [0.25, 0.3) is 0 Å². The van der Waals surface area contributed by atoms with Gasteiger partial charge in [0.25, 0.3) is 0 Å². The van der Waals surface area contributed by atoms with Crippen molar-refractivity contribution in [2.45, 2.75) is 24.8 Å². The van der Waals surface area contributed by atoms with Crippen LogP contribution in [0, 0.1) is 0 Å². The highest BCUT2D eigenvalue weighted by Crippen LogP contribution is 2.38. The number of benzene rings is 2. The van der Waals surface area contributed by atoms with Crippen molar-refractivity contribution in [2.75, 3.05) is 67.1 Å². The Morgan fingerprint density at radius 1 is 0.921 bits per heavy atom. The molecule has 4 rings (SSSR count). The smallest absolute Gasteiger partial charge is 0.236 e. The molecule has 0 unspecified atom stereocenters. The Hall–Kier alpha value is -2.86. The van der Waals surface area contributed by atoms with Gasteiger partial charge < -0.3 is 24.4 Å². The predicted molar refractivity (Wildman–Crippen MR) is 145 cm³/mol. The summed E-state index contributed by atoms with van der Waals surface area (Å²) in [6, 6.07) is 13.1. The van der Waals surface area contributed by atoms with Crippen molar-refractivity contribution in [3.05, 3.63) is 53.6 Å². The molecule has 1 atom stereocenters. The number of hydrogen-bond acceptors (Lipinski definition) is 8. The molecule has 2 aromatic carbocycles. The molecule has 11 heteroatoms. The Morgan fingerprint density at radius 2 is 1.58 bits per heavy atom. The third-order valence-electron chi connectivity index (χ3n) is 7.13. The lowest BCUT2D eigenvalue weighted by Gasteiger charge is -2.35. The second-order valence-electron chi connectivity index (χ2n) is 9.66. The summed E-state index contributed by atoms with van der Waals surface area (Å²) in [5.41, 5.74) is 1.83. The van der Waals surface area contributed by atoms with Crippen LogP contribution in [0.1, 0.15) is 17.5 Å².